The molecule has 0 saturated carbocycles. The highest BCUT2D eigenvalue weighted by molar-refractivity contribution is 5.90. The third-order valence-corrected chi connectivity index (χ3v) is 4.80. The fourth-order valence-electron chi connectivity index (χ4n) is 3.40. The molecule has 0 spiro atoms. The van der Waals surface area contributed by atoms with Crippen LogP contribution < -0.4 is 10.6 Å². The summed E-state index contributed by atoms with van der Waals surface area (Å²) in [5, 5.41) is 10.2. The van der Waals surface area contributed by atoms with Crippen LogP contribution in [0.1, 0.15) is 18.4 Å². The van der Waals surface area contributed by atoms with Gasteiger partial charge in [-0.1, -0.05) is 18.2 Å². The van der Waals surface area contributed by atoms with Crippen LogP contribution in [0.3, 0.4) is 0 Å². The number of rotatable bonds is 5. The number of carbonyl (C=O) groups is 2. The van der Waals surface area contributed by atoms with Gasteiger partial charge in [0, 0.05) is 49.7 Å². The molecule has 0 bridgehead atoms. The van der Waals surface area contributed by atoms with Gasteiger partial charge in [-0.3, -0.25) is 19.3 Å². The number of hydrogen-bond donors (Lipinski definition) is 2. The lowest BCUT2D eigenvalue weighted by molar-refractivity contribution is -0.125. The minimum Gasteiger partial charge on any atom is -0.350 e. The van der Waals surface area contributed by atoms with E-state index in [1.807, 2.05) is 49.6 Å². The molecule has 1 atom stereocenters. The highest BCUT2D eigenvalue weighted by atomic mass is 16.2. The largest absolute Gasteiger partial charge is 0.350 e. The molecule has 7 heteroatoms. The van der Waals surface area contributed by atoms with Crippen molar-refractivity contribution >= 4 is 11.8 Å². The molecule has 4 rings (SSSR count). The Kier molecular flexibility index (Phi) is 4.89. The second-order valence-electron chi connectivity index (χ2n) is 6.88. The number of aromatic nitrogens is 3. The van der Waals surface area contributed by atoms with Crippen LogP contribution in [0.25, 0.3) is 22.4 Å². The van der Waals surface area contributed by atoms with Gasteiger partial charge in [-0.2, -0.15) is 5.10 Å². The summed E-state index contributed by atoms with van der Waals surface area (Å²) in [6.07, 6.45) is 6.47. The van der Waals surface area contributed by atoms with E-state index in [4.69, 9.17) is 0 Å². The fourth-order valence-corrected chi connectivity index (χ4v) is 3.40. The van der Waals surface area contributed by atoms with E-state index >= 15 is 0 Å². The molecule has 1 unspecified atom stereocenters. The maximum absolute atomic E-state index is 12.2. The van der Waals surface area contributed by atoms with Gasteiger partial charge in [-0.25, -0.2) is 0 Å². The molecule has 1 aliphatic rings. The summed E-state index contributed by atoms with van der Waals surface area (Å²) in [7, 11) is 1.90. The summed E-state index contributed by atoms with van der Waals surface area (Å²) in [6.45, 7) is 0.399. The predicted molar refractivity (Wildman–Crippen MR) is 105 cm³/mol. The number of pyridine rings is 1. The fraction of sp³-hybridized carbons (Fsp3) is 0.238. The number of nitrogens with one attached hydrogen (secondary N) is 2. The van der Waals surface area contributed by atoms with Gasteiger partial charge >= 0.3 is 0 Å². The van der Waals surface area contributed by atoms with Crippen molar-refractivity contribution in [2.24, 2.45) is 7.05 Å². The molecule has 0 aliphatic carbocycles. The van der Waals surface area contributed by atoms with Gasteiger partial charge in [0.15, 0.2) is 0 Å². The standard InChI is InChI=1S/C21H21N5O2/c1-26-13-17(15-7-9-22-10-8-15)20(25-26)16-4-2-3-14(11-16)12-23-21(28)18-5-6-19(27)24-18/h2-4,7-11,13,18H,5-6,12H2,1H3,(H,23,28)(H,24,27). The van der Waals surface area contributed by atoms with Gasteiger partial charge in [0.25, 0.3) is 0 Å². The molecule has 1 saturated heterocycles. The van der Waals surface area contributed by atoms with E-state index < -0.39 is 6.04 Å². The summed E-state index contributed by atoms with van der Waals surface area (Å²) in [4.78, 5) is 27.6. The van der Waals surface area contributed by atoms with Crippen LogP contribution in [-0.4, -0.2) is 32.6 Å². The van der Waals surface area contributed by atoms with Crippen molar-refractivity contribution in [1.29, 1.82) is 0 Å². The first-order valence-electron chi connectivity index (χ1n) is 9.20. The normalized spacial score (nSPS) is 16.0. The quantitative estimate of drug-likeness (QED) is 0.714. The van der Waals surface area contributed by atoms with E-state index in [1.165, 1.54) is 0 Å². The van der Waals surface area contributed by atoms with Crippen LogP contribution in [-0.2, 0) is 23.2 Å². The van der Waals surface area contributed by atoms with E-state index in [-0.39, 0.29) is 11.8 Å². The average Bonchev–Trinajstić information content (AvgIpc) is 3.33. The van der Waals surface area contributed by atoms with Crippen molar-refractivity contribution in [3.63, 3.8) is 0 Å². The number of amides is 2. The van der Waals surface area contributed by atoms with Gasteiger partial charge in [0.2, 0.25) is 11.8 Å². The molecular weight excluding hydrogens is 354 g/mol. The molecule has 2 aromatic heterocycles. The molecule has 3 aromatic rings. The first-order valence-corrected chi connectivity index (χ1v) is 9.20. The van der Waals surface area contributed by atoms with E-state index in [2.05, 4.69) is 20.7 Å². The van der Waals surface area contributed by atoms with Crippen molar-refractivity contribution in [3.8, 4) is 22.4 Å². The molecular formula is C21H21N5O2. The molecule has 1 fully saturated rings. The Labute approximate surface area is 162 Å². The van der Waals surface area contributed by atoms with Crippen molar-refractivity contribution in [3.05, 3.63) is 60.6 Å². The molecule has 0 radical (unpaired) electrons. The SMILES string of the molecule is Cn1cc(-c2ccncc2)c(-c2cccc(CNC(=O)C3CCC(=O)N3)c2)n1. The zero-order valence-electron chi connectivity index (χ0n) is 15.6. The Hall–Kier alpha value is -3.48. The summed E-state index contributed by atoms with van der Waals surface area (Å²) in [6, 6.07) is 11.5. The summed E-state index contributed by atoms with van der Waals surface area (Å²) in [5.41, 5.74) is 4.91. The van der Waals surface area contributed by atoms with Crippen LogP contribution in [0.15, 0.2) is 55.0 Å². The molecule has 28 heavy (non-hydrogen) atoms. The Morgan fingerprint density at radius 2 is 2.07 bits per heavy atom. The van der Waals surface area contributed by atoms with Gasteiger partial charge in [-0.05, 0) is 35.7 Å². The minimum absolute atomic E-state index is 0.0686. The van der Waals surface area contributed by atoms with Crippen LogP contribution in [0.5, 0.6) is 0 Å². The van der Waals surface area contributed by atoms with Crippen molar-refractivity contribution in [2.75, 3.05) is 0 Å². The highest BCUT2D eigenvalue weighted by Gasteiger charge is 2.26. The molecule has 3 heterocycles. The van der Waals surface area contributed by atoms with Crippen LogP contribution >= 0.6 is 0 Å². The topological polar surface area (TPSA) is 88.9 Å². The van der Waals surface area contributed by atoms with E-state index in [0.29, 0.717) is 19.4 Å². The van der Waals surface area contributed by atoms with Crippen LogP contribution in [0, 0.1) is 0 Å². The van der Waals surface area contributed by atoms with E-state index in [1.54, 1.807) is 17.1 Å². The molecule has 2 amide bonds. The predicted octanol–water partition coefficient (Wildman–Crippen LogP) is 2.04. The average molecular weight is 375 g/mol. The number of benzene rings is 1. The molecule has 7 nitrogen and oxygen atoms in total. The number of carbonyl (C=O) groups excluding carboxylic acids is 2. The lowest BCUT2D eigenvalue weighted by Crippen LogP contribution is -2.41. The first kappa shape index (κ1) is 17.9. The Balaban J connectivity index is 1.53. The summed E-state index contributed by atoms with van der Waals surface area (Å²) >= 11 is 0. The lowest BCUT2D eigenvalue weighted by Gasteiger charge is -2.11. The zero-order chi connectivity index (χ0) is 19.5. The third-order valence-electron chi connectivity index (χ3n) is 4.80. The Morgan fingerprint density at radius 1 is 1.25 bits per heavy atom. The van der Waals surface area contributed by atoms with Gasteiger partial charge < -0.3 is 10.6 Å². The maximum Gasteiger partial charge on any atom is 0.242 e. The number of nitrogens with zero attached hydrogens (tertiary/aromatic N) is 3. The minimum atomic E-state index is -0.426. The van der Waals surface area contributed by atoms with E-state index in [9.17, 15) is 9.59 Å². The monoisotopic (exact) mass is 375 g/mol. The van der Waals surface area contributed by atoms with Gasteiger partial charge in [0.1, 0.15) is 11.7 Å². The zero-order valence-corrected chi connectivity index (χ0v) is 15.6. The summed E-state index contributed by atoms with van der Waals surface area (Å²) in [5.74, 6) is -0.215. The van der Waals surface area contributed by atoms with Gasteiger partial charge in [0.05, 0.1) is 0 Å². The maximum atomic E-state index is 12.2. The summed E-state index contributed by atoms with van der Waals surface area (Å²) < 4.78 is 1.79. The molecule has 142 valence electrons. The first-order chi connectivity index (χ1) is 13.6. The van der Waals surface area contributed by atoms with Crippen LogP contribution in [0.2, 0.25) is 0 Å². The third kappa shape index (κ3) is 3.78. The van der Waals surface area contributed by atoms with E-state index in [0.717, 1.165) is 27.9 Å². The van der Waals surface area contributed by atoms with Crippen molar-refractivity contribution < 1.29 is 9.59 Å². The molecule has 1 aromatic carbocycles. The second-order valence-corrected chi connectivity index (χ2v) is 6.88. The van der Waals surface area contributed by atoms with Crippen LogP contribution in [0.4, 0.5) is 0 Å². The van der Waals surface area contributed by atoms with Gasteiger partial charge in [-0.15, -0.1) is 0 Å². The molecule has 2 N–H and O–H groups in total. The number of aryl methyl sites for hydroxylation is 1. The smallest absolute Gasteiger partial charge is 0.242 e. The number of hydrogen-bond acceptors (Lipinski definition) is 4. The lowest BCUT2D eigenvalue weighted by atomic mass is 10.0. The van der Waals surface area contributed by atoms with Crippen molar-refractivity contribution in [1.82, 2.24) is 25.4 Å². The highest BCUT2D eigenvalue weighted by Crippen LogP contribution is 2.30. The van der Waals surface area contributed by atoms with Crippen molar-refractivity contribution in [2.45, 2.75) is 25.4 Å². The molecule has 1 aliphatic heterocycles. The second kappa shape index (κ2) is 7.64. The Bertz CT molecular complexity index is 1010. The Morgan fingerprint density at radius 3 is 2.82 bits per heavy atom.